The average Bonchev–Trinajstić information content (AvgIpc) is 2.78. The van der Waals surface area contributed by atoms with E-state index in [1.807, 2.05) is 24.3 Å². The number of hydrogen-bond acceptors (Lipinski definition) is 3. The molecule has 0 saturated carbocycles. The third-order valence-electron chi connectivity index (χ3n) is 4.90. The van der Waals surface area contributed by atoms with E-state index in [1.165, 1.54) is 17.4 Å². The van der Waals surface area contributed by atoms with Gasteiger partial charge < -0.3 is 15.0 Å². The summed E-state index contributed by atoms with van der Waals surface area (Å²) < 4.78 is 68.9. The topological polar surface area (TPSA) is 58.6 Å². The van der Waals surface area contributed by atoms with Crippen molar-refractivity contribution in [1.29, 1.82) is 0 Å². The Kier molecular flexibility index (Phi) is 7.12. The molecule has 2 amide bonds. The number of rotatable bonds is 6. The summed E-state index contributed by atoms with van der Waals surface area (Å²) in [4.78, 5) is 25.1. The van der Waals surface area contributed by atoms with Gasteiger partial charge in [0.25, 0.3) is 5.91 Å². The van der Waals surface area contributed by atoms with Gasteiger partial charge in [0.05, 0.1) is 6.33 Å². The lowest BCUT2D eigenvalue weighted by Crippen LogP contribution is -2.38. The maximum Gasteiger partial charge on any atom is 0.471 e. The van der Waals surface area contributed by atoms with Crippen molar-refractivity contribution in [3.05, 3.63) is 76.9 Å². The van der Waals surface area contributed by atoms with Gasteiger partial charge in [0.1, 0.15) is 6.61 Å². The molecule has 1 heterocycles. The Morgan fingerprint density at radius 3 is 2.50 bits per heavy atom. The van der Waals surface area contributed by atoms with Gasteiger partial charge in [-0.1, -0.05) is 24.3 Å². The van der Waals surface area contributed by atoms with Gasteiger partial charge >= 0.3 is 12.1 Å². The zero-order valence-electron chi connectivity index (χ0n) is 16.7. The molecule has 0 aromatic heterocycles. The van der Waals surface area contributed by atoms with E-state index < -0.39 is 31.1 Å². The van der Waals surface area contributed by atoms with Crippen LogP contribution >= 0.6 is 0 Å². The number of benzene rings is 2. The molecule has 5 nitrogen and oxygen atoms in total. The van der Waals surface area contributed by atoms with E-state index in [-0.39, 0.29) is 29.1 Å². The van der Waals surface area contributed by atoms with Crippen molar-refractivity contribution in [2.75, 3.05) is 19.7 Å². The lowest BCUT2D eigenvalue weighted by molar-refractivity contribution is -0.173. The quantitative estimate of drug-likeness (QED) is 0.673. The largest absolute Gasteiger partial charge is 0.486 e. The molecule has 32 heavy (non-hydrogen) atoms. The van der Waals surface area contributed by atoms with E-state index in [9.17, 15) is 31.5 Å². The summed E-state index contributed by atoms with van der Waals surface area (Å²) in [6, 6.07) is 11.3. The predicted octanol–water partition coefficient (Wildman–Crippen LogP) is 3.93. The summed E-state index contributed by atoms with van der Waals surface area (Å²) >= 11 is 0. The Labute approximate surface area is 180 Å². The van der Waals surface area contributed by atoms with Crippen LogP contribution in [-0.2, 0) is 17.8 Å². The lowest BCUT2D eigenvalue weighted by atomic mass is 9.99. The minimum Gasteiger partial charge on any atom is -0.486 e. The van der Waals surface area contributed by atoms with Crippen LogP contribution in [0.4, 0.5) is 22.0 Å². The lowest BCUT2D eigenvalue weighted by Gasteiger charge is -2.29. The molecule has 0 aliphatic carbocycles. The summed E-state index contributed by atoms with van der Waals surface area (Å²) in [6.07, 6.45) is -4.44. The smallest absolute Gasteiger partial charge is 0.471 e. The summed E-state index contributed by atoms with van der Waals surface area (Å²) in [5, 5.41) is 1.50. The number of fused-ring (bicyclic) bond motifs is 1. The highest BCUT2D eigenvalue weighted by Gasteiger charge is 2.38. The summed E-state index contributed by atoms with van der Waals surface area (Å²) in [5.41, 5.74) is 1.95. The summed E-state index contributed by atoms with van der Waals surface area (Å²) in [7, 11) is 0. The van der Waals surface area contributed by atoms with Crippen molar-refractivity contribution in [3.8, 4) is 5.75 Å². The molecule has 1 aliphatic heterocycles. The number of carbonyl (C=O) groups is 2. The zero-order chi connectivity index (χ0) is 23.3. The Hall–Kier alpha value is -3.43. The SMILES string of the molecule is O=C(c1ccc(OC/C(=C\F)CNC(=O)C(F)(F)F)c(F)c1)N1CCc2ccccc2C1. The summed E-state index contributed by atoms with van der Waals surface area (Å²) in [5.74, 6) is -3.78. The average molecular weight is 454 g/mol. The standard InChI is InChI=1S/C22H19F5N2O3/c23-10-14(11-28-21(31)22(25,26)27)13-32-19-6-5-16(9-18(19)24)20(30)29-8-7-15-3-1-2-4-17(15)12-29/h1-6,9-10H,7-8,11-13H2,(H,28,31)/b14-10-. The number of carbonyl (C=O) groups excluding carboxylic acids is 2. The Bertz CT molecular complexity index is 1040. The van der Waals surface area contributed by atoms with Crippen LogP contribution in [0.3, 0.4) is 0 Å². The third kappa shape index (κ3) is 5.63. The molecule has 0 spiro atoms. The first-order chi connectivity index (χ1) is 15.2. The summed E-state index contributed by atoms with van der Waals surface area (Å²) in [6.45, 7) is -0.460. The van der Waals surface area contributed by atoms with Crippen LogP contribution < -0.4 is 10.1 Å². The Morgan fingerprint density at radius 1 is 1.12 bits per heavy atom. The van der Waals surface area contributed by atoms with E-state index >= 15 is 0 Å². The Balaban J connectivity index is 1.59. The normalized spacial score (nSPS) is 14.0. The van der Waals surface area contributed by atoms with Crippen LogP contribution in [0.15, 0.2) is 54.4 Å². The van der Waals surface area contributed by atoms with E-state index in [0.717, 1.165) is 17.2 Å². The van der Waals surface area contributed by atoms with Crippen molar-refractivity contribution >= 4 is 11.8 Å². The monoisotopic (exact) mass is 454 g/mol. The number of amides is 2. The third-order valence-corrected chi connectivity index (χ3v) is 4.90. The molecule has 0 saturated heterocycles. The number of hydrogen-bond donors (Lipinski definition) is 1. The maximum atomic E-state index is 14.4. The minimum atomic E-state index is -5.10. The van der Waals surface area contributed by atoms with Gasteiger partial charge in [-0.05, 0) is 35.7 Å². The fraction of sp³-hybridized carbons (Fsp3) is 0.273. The van der Waals surface area contributed by atoms with Crippen LogP contribution in [0.1, 0.15) is 21.5 Å². The van der Waals surface area contributed by atoms with Crippen molar-refractivity contribution in [1.82, 2.24) is 10.2 Å². The van der Waals surface area contributed by atoms with Crippen LogP contribution in [-0.4, -0.2) is 42.6 Å². The molecule has 1 aliphatic rings. The van der Waals surface area contributed by atoms with Gasteiger partial charge in [0.15, 0.2) is 11.6 Å². The number of ether oxygens (including phenoxy) is 1. The molecular weight excluding hydrogens is 435 g/mol. The molecule has 0 bridgehead atoms. The number of nitrogens with zero attached hydrogens (tertiary/aromatic N) is 1. The molecule has 0 atom stereocenters. The molecular formula is C22H19F5N2O3. The highest BCUT2D eigenvalue weighted by molar-refractivity contribution is 5.94. The predicted molar refractivity (Wildman–Crippen MR) is 105 cm³/mol. The molecule has 1 N–H and O–H groups in total. The van der Waals surface area contributed by atoms with Gasteiger partial charge in [0, 0.05) is 30.8 Å². The molecule has 10 heteroatoms. The molecule has 3 rings (SSSR count). The second-order valence-corrected chi connectivity index (χ2v) is 7.13. The molecule has 0 fully saturated rings. The van der Waals surface area contributed by atoms with E-state index in [0.29, 0.717) is 19.5 Å². The van der Waals surface area contributed by atoms with Gasteiger partial charge in [-0.25, -0.2) is 8.78 Å². The van der Waals surface area contributed by atoms with Gasteiger partial charge in [0.2, 0.25) is 0 Å². The second kappa shape index (κ2) is 9.80. The molecule has 2 aromatic rings. The molecule has 0 unspecified atom stereocenters. The van der Waals surface area contributed by atoms with Crippen molar-refractivity contribution in [3.63, 3.8) is 0 Å². The highest BCUT2D eigenvalue weighted by atomic mass is 19.4. The van der Waals surface area contributed by atoms with Gasteiger partial charge in [-0.15, -0.1) is 0 Å². The Morgan fingerprint density at radius 2 is 1.84 bits per heavy atom. The number of nitrogens with one attached hydrogen (secondary N) is 1. The maximum absolute atomic E-state index is 14.4. The van der Waals surface area contributed by atoms with Gasteiger partial charge in [-0.3, -0.25) is 9.59 Å². The first-order valence-corrected chi connectivity index (χ1v) is 9.60. The van der Waals surface area contributed by atoms with Crippen LogP contribution in [0.5, 0.6) is 5.75 Å². The highest BCUT2D eigenvalue weighted by Crippen LogP contribution is 2.23. The van der Waals surface area contributed by atoms with Crippen LogP contribution in [0, 0.1) is 5.82 Å². The molecule has 0 radical (unpaired) electrons. The fourth-order valence-corrected chi connectivity index (χ4v) is 3.19. The number of alkyl halides is 3. The van der Waals surface area contributed by atoms with Gasteiger partial charge in [-0.2, -0.15) is 13.2 Å². The first kappa shape index (κ1) is 23.2. The molecule has 2 aromatic carbocycles. The van der Waals surface area contributed by atoms with E-state index in [4.69, 9.17) is 4.74 Å². The van der Waals surface area contributed by atoms with Crippen molar-refractivity contribution < 1.29 is 36.3 Å². The molecule has 170 valence electrons. The van der Waals surface area contributed by atoms with E-state index in [1.54, 1.807) is 4.90 Å². The minimum absolute atomic E-state index is 0.0271. The number of halogens is 5. The van der Waals surface area contributed by atoms with Crippen LogP contribution in [0.2, 0.25) is 0 Å². The second-order valence-electron chi connectivity index (χ2n) is 7.13. The van der Waals surface area contributed by atoms with E-state index in [2.05, 4.69) is 0 Å². The van der Waals surface area contributed by atoms with Crippen LogP contribution in [0.25, 0.3) is 0 Å². The van der Waals surface area contributed by atoms with Crippen molar-refractivity contribution in [2.24, 2.45) is 0 Å². The first-order valence-electron chi connectivity index (χ1n) is 9.60. The fourth-order valence-electron chi connectivity index (χ4n) is 3.19. The van der Waals surface area contributed by atoms with Crippen molar-refractivity contribution in [2.45, 2.75) is 19.1 Å². The zero-order valence-corrected chi connectivity index (χ0v) is 16.7.